The maximum atomic E-state index is 8.82. The molecule has 1 heterocycles. The zero-order valence-electron chi connectivity index (χ0n) is 11.5. The Morgan fingerprint density at radius 3 is 2.90 bits per heavy atom. The fraction of sp³-hybridized carbons (Fsp3) is 0.214. The molecule has 0 radical (unpaired) electrons. The number of hydrogen-bond acceptors (Lipinski definition) is 5. The lowest BCUT2D eigenvalue weighted by atomic mass is 10.1. The molecule has 0 unspecified atom stereocenters. The SMILES string of the molecule is Cc1cccc(CN(C)c2nnccc2/C(N)=N/O)c1. The van der Waals surface area contributed by atoms with Gasteiger partial charge >= 0.3 is 0 Å². The van der Waals surface area contributed by atoms with E-state index in [2.05, 4.69) is 21.4 Å². The monoisotopic (exact) mass is 271 g/mol. The Morgan fingerprint density at radius 2 is 2.20 bits per heavy atom. The van der Waals surface area contributed by atoms with Gasteiger partial charge in [0.2, 0.25) is 0 Å². The van der Waals surface area contributed by atoms with Gasteiger partial charge in [-0.1, -0.05) is 35.0 Å². The van der Waals surface area contributed by atoms with Gasteiger partial charge in [-0.3, -0.25) is 0 Å². The summed E-state index contributed by atoms with van der Waals surface area (Å²) in [5, 5.41) is 19.8. The second-order valence-corrected chi connectivity index (χ2v) is 4.60. The van der Waals surface area contributed by atoms with Crippen molar-refractivity contribution in [2.24, 2.45) is 10.9 Å². The molecule has 0 fully saturated rings. The van der Waals surface area contributed by atoms with Gasteiger partial charge in [0.05, 0.1) is 11.8 Å². The van der Waals surface area contributed by atoms with E-state index in [9.17, 15) is 0 Å². The van der Waals surface area contributed by atoms with E-state index in [-0.39, 0.29) is 5.84 Å². The Bertz CT molecular complexity index is 626. The molecule has 0 saturated heterocycles. The number of benzene rings is 1. The van der Waals surface area contributed by atoms with Gasteiger partial charge in [0.1, 0.15) is 0 Å². The molecule has 0 bridgehead atoms. The van der Waals surface area contributed by atoms with Crippen LogP contribution in [0, 0.1) is 6.92 Å². The Hall–Kier alpha value is -2.63. The first-order valence-electron chi connectivity index (χ1n) is 6.18. The molecule has 2 rings (SSSR count). The van der Waals surface area contributed by atoms with E-state index >= 15 is 0 Å². The molecule has 0 aliphatic carbocycles. The third-order valence-corrected chi connectivity index (χ3v) is 2.95. The zero-order chi connectivity index (χ0) is 14.5. The van der Waals surface area contributed by atoms with E-state index in [1.165, 1.54) is 11.8 Å². The average molecular weight is 271 g/mol. The highest BCUT2D eigenvalue weighted by molar-refractivity contribution is 6.01. The molecule has 1 aromatic carbocycles. The van der Waals surface area contributed by atoms with Crippen LogP contribution in [0.3, 0.4) is 0 Å². The van der Waals surface area contributed by atoms with Gasteiger partial charge in [-0.25, -0.2) is 0 Å². The number of rotatable bonds is 4. The molecule has 6 nitrogen and oxygen atoms in total. The molecule has 0 atom stereocenters. The van der Waals surface area contributed by atoms with Gasteiger partial charge in [-0.15, -0.1) is 5.10 Å². The highest BCUT2D eigenvalue weighted by atomic mass is 16.4. The van der Waals surface area contributed by atoms with Crippen molar-refractivity contribution in [3.05, 3.63) is 53.2 Å². The third kappa shape index (κ3) is 3.03. The first-order chi connectivity index (χ1) is 9.61. The number of anilines is 1. The Labute approximate surface area is 117 Å². The minimum Gasteiger partial charge on any atom is -0.409 e. The predicted molar refractivity (Wildman–Crippen MR) is 77.8 cm³/mol. The minimum absolute atomic E-state index is 0.0194. The lowest BCUT2D eigenvalue weighted by Gasteiger charge is -2.20. The number of amidine groups is 1. The molecule has 3 N–H and O–H groups in total. The van der Waals surface area contributed by atoms with Gasteiger partial charge in [-0.2, -0.15) is 5.10 Å². The Kier molecular flexibility index (Phi) is 4.14. The van der Waals surface area contributed by atoms with Crippen LogP contribution >= 0.6 is 0 Å². The summed E-state index contributed by atoms with van der Waals surface area (Å²) in [7, 11) is 1.89. The van der Waals surface area contributed by atoms with E-state index in [0.29, 0.717) is 17.9 Å². The smallest absolute Gasteiger partial charge is 0.173 e. The summed E-state index contributed by atoms with van der Waals surface area (Å²) in [5.41, 5.74) is 8.57. The third-order valence-electron chi connectivity index (χ3n) is 2.95. The molecule has 0 amide bonds. The van der Waals surface area contributed by atoms with Crippen LogP contribution in [-0.2, 0) is 6.54 Å². The van der Waals surface area contributed by atoms with Crippen LogP contribution in [0.5, 0.6) is 0 Å². The van der Waals surface area contributed by atoms with Crippen LogP contribution < -0.4 is 10.6 Å². The van der Waals surface area contributed by atoms with E-state index in [0.717, 1.165) is 5.56 Å². The fourth-order valence-electron chi connectivity index (χ4n) is 2.02. The van der Waals surface area contributed by atoms with Crippen molar-refractivity contribution in [3.8, 4) is 0 Å². The van der Waals surface area contributed by atoms with Crippen LogP contribution in [0.15, 0.2) is 41.7 Å². The summed E-state index contributed by atoms with van der Waals surface area (Å²) in [6.07, 6.45) is 1.51. The minimum atomic E-state index is 0.0194. The van der Waals surface area contributed by atoms with E-state index < -0.39 is 0 Å². The number of oxime groups is 1. The first-order valence-corrected chi connectivity index (χ1v) is 6.18. The topological polar surface area (TPSA) is 87.6 Å². The maximum absolute atomic E-state index is 8.82. The van der Waals surface area contributed by atoms with Crippen LogP contribution in [0.25, 0.3) is 0 Å². The van der Waals surface area contributed by atoms with Gasteiger partial charge < -0.3 is 15.8 Å². The van der Waals surface area contributed by atoms with Crippen molar-refractivity contribution in [1.82, 2.24) is 10.2 Å². The molecule has 1 aromatic heterocycles. The first kappa shape index (κ1) is 13.8. The second-order valence-electron chi connectivity index (χ2n) is 4.60. The maximum Gasteiger partial charge on any atom is 0.173 e. The number of aryl methyl sites for hydroxylation is 1. The summed E-state index contributed by atoms with van der Waals surface area (Å²) in [4.78, 5) is 1.91. The van der Waals surface area contributed by atoms with Crippen LogP contribution in [0.2, 0.25) is 0 Å². The molecule has 2 aromatic rings. The molecule has 0 aliphatic rings. The van der Waals surface area contributed by atoms with Crippen molar-refractivity contribution >= 4 is 11.7 Å². The molecular weight excluding hydrogens is 254 g/mol. The van der Waals surface area contributed by atoms with Crippen molar-refractivity contribution < 1.29 is 5.21 Å². The number of hydrogen-bond donors (Lipinski definition) is 2. The highest BCUT2D eigenvalue weighted by Gasteiger charge is 2.13. The fourth-order valence-corrected chi connectivity index (χ4v) is 2.02. The second kappa shape index (κ2) is 6.01. The van der Waals surface area contributed by atoms with E-state index in [1.54, 1.807) is 6.07 Å². The summed E-state index contributed by atoms with van der Waals surface area (Å²) in [6, 6.07) is 9.89. The predicted octanol–water partition coefficient (Wildman–Crippen LogP) is 1.52. The zero-order valence-corrected chi connectivity index (χ0v) is 11.5. The summed E-state index contributed by atoms with van der Waals surface area (Å²) >= 11 is 0. The summed E-state index contributed by atoms with van der Waals surface area (Å²) in [5.74, 6) is 0.593. The van der Waals surface area contributed by atoms with Crippen molar-refractivity contribution in [2.45, 2.75) is 13.5 Å². The van der Waals surface area contributed by atoms with Crippen molar-refractivity contribution in [2.75, 3.05) is 11.9 Å². The standard InChI is InChI=1S/C14H17N5O/c1-10-4-3-5-11(8-10)9-19(2)14-12(13(15)18-20)6-7-16-17-14/h3-8,20H,9H2,1-2H3,(H2,15,18). The molecule has 0 spiro atoms. The number of nitrogens with zero attached hydrogens (tertiary/aromatic N) is 4. The van der Waals surface area contributed by atoms with Gasteiger partial charge in [0.25, 0.3) is 0 Å². The number of nitrogens with two attached hydrogens (primary N) is 1. The van der Waals surface area contributed by atoms with Gasteiger partial charge in [0, 0.05) is 13.6 Å². The lowest BCUT2D eigenvalue weighted by Crippen LogP contribution is -2.24. The molecule has 6 heteroatoms. The van der Waals surface area contributed by atoms with E-state index in [1.807, 2.05) is 37.1 Å². The van der Waals surface area contributed by atoms with Gasteiger partial charge in [0.15, 0.2) is 11.7 Å². The van der Waals surface area contributed by atoms with Crippen molar-refractivity contribution in [3.63, 3.8) is 0 Å². The average Bonchev–Trinajstić information content (AvgIpc) is 2.46. The highest BCUT2D eigenvalue weighted by Crippen LogP contribution is 2.17. The quantitative estimate of drug-likeness (QED) is 0.381. The summed E-state index contributed by atoms with van der Waals surface area (Å²) < 4.78 is 0. The molecule has 0 saturated carbocycles. The summed E-state index contributed by atoms with van der Waals surface area (Å²) in [6.45, 7) is 2.71. The van der Waals surface area contributed by atoms with E-state index in [4.69, 9.17) is 10.9 Å². The van der Waals surface area contributed by atoms with Crippen LogP contribution in [0.1, 0.15) is 16.7 Å². The van der Waals surface area contributed by atoms with Crippen LogP contribution in [-0.4, -0.2) is 28.3 Å². The molecule has 104 valence electrons. The lowest BCUT2D eigenvalue weighted by molar-refractivity contribution is 0.318. The number of aromatic nitrogens is 2. The Morgan fingerprint density at radius 1 is 1.40 bits per heavy atom. The molecular formula is C14H17N5O. The normalized spacial score (nSPS) is 11.4. The molecule has 0 aliphatic heterocycles. The van der Waals surface area contributed by atoms with Crippen LogP contribution in [0.4, 0.5) is 5.82 Å². The Balaban J connectivity index is 2.28. The van der Waals surface area contributed by atoms with Gasteiger partial charge in [-0.05, 0) is 18.6 Å². The molecule has 20 heavy (non-hydrogen) atoms. The van der Waals surface area contributed by atoms with Crippen molar-refractivity contribution in [1.29, 1.82) is 0 Å². The largest absolute Gasteiger partial charge is 0.409 e.